The van der Waals surface area contributed by atoms with Gasteiger partial charge in [-0.25, -0.2) is 0 Å². The summed E-state index contributed by atoms with van der Waals surface area (Å²) >= 11 is 0. The van der Waals surface area contributed by atoms with Gasteiger partial charge in [-0.2, -0.15) is 0 Å². The van der Waals surface area contributed by atoms with Gasteiger partial charge in [-0.3, -0.25) is 0 Å². The molecule has 10 heavy (non-hydrogen) atoms. The molecule has 0 radical (unpaired) electrons. The van der Waals surface area contributed by atoms with E-state index in [4.69, 9.17) is 0 Å². The maximum Gasteiger partial charge on any atom is 0.0187 e. The van der Waals surface area contributed by atoms with Crippen LogP contribution in [-0.4, -0.2) is 25.0 Å². The third-order valence-electron chi connectivity index (χ3n) is 2.01. The second-order valence-corrected chi connectivity index (χ2v) is 3.28. The van der Waals surface area contributed by atoms with Crippen molar-refractivity contribution in [3.05, 3.63) is 11.6 Å². The van der Waals surface area contributed by atoms with Crippen molar-refractivity contribution in [2.75, 3.05) is 20.1 Å². The molecule has 0 aliphatic carbocycles. The van der Waals surface area contributed by atoms with Crippen LogP contribution in [0.15, 0.2) is 11.6 Å². The maximum atomic E-state index is 2.39. The summed E-state index contributed by atoms with van der Waals surface area (Å²) in [6, 6.07) is 0. The summed E-state index contributed by atoms with van der Waals surface area (Å²) in [6.45, 7) is 4.66. The van der Waals surface area contributed by atoms with E-state index in [1.165, 1.54) is 37.9 Å². The molecule has 0 spiro atoms. The first kappa shape index (κ1) is 7.80. The highest BCUT2D eigenvalue weighted by Gasteiger charge is 2.01. The number of allylic oxidation sites excluding steroid dienone is 1. The van der Waals surface area contributed by atoms with Gasteiger partial charge in [0.25, 0.3) is 0 Å². The lowest BCUT2D eigenvalue weighted by molar-refractivity contribution is 0.346. The van der Waals surface area contributed by atoms with Crippen LogP contribution in [0.5, 0.6) is 0 Å². The number of hydrogen-bond donors (Lipinski definition) is 0. The van der Waals surface area contributed by atoms with Gasteiger partial charge >= 0.3 is 0 Å². The van der Waals surface area contributed by atoms with Crippen molar-refractivity contribution in [2.24, 2.45) is 0 Å². The van der Waals surface area contributed by atoms with E-state index < -0.39 is 0 Å². The lowest BCUT2D eigenvalue weighted by Crippen LogP contribution is -2.22. The Morgan fingerprint density at radius 2 is 2.20 bits per heavy atom. The Bertz CT molecular complexity index is 127. The van der Waals surface area contributed by atoms with Crippen molar-refractivity contribution in [1.82, 2.24) is 4.90 Å². The van der Waals surface area contributed by atoms with Gasteiger partial charge in [-0.1, -0.05) is 11.6 Å². The Balaban J connectivity index is 2.43. The van der Waals surface area contributed by atoms with Crippen LogP contribution in [0.3, 0.4) is 0 Å². The van der Waals surface area contributed by atoms with Gasteiger partial charge in [0.1, 0.15) is 0 Å². The Morgan fingerprint density at radius 1 is 1.40 bits per heavy atom. The SMILES string of the molecule is C/C1=C\CCCCN(C)C1. The third kappa shape index (κ3) is 2.53. The Hall–Kier alpha value is -0.300. The largest absolute Gasteiger partial charge is 0.302 e. The zero-order chi connectivity index (χ0) is 7.40. The minimum absolute atomic E-state index is 1.17. The first-order valence-corrected chi connectivity index (χ1v) is 4.13. The van der Waals surface area contributed by atoms with E-state index in [1.807, 2.05) is 0 Å². The molecule has 58 valence electrons. The molecule has 1 nitrogen and oxygen atoms in total. The van der Waals surface area contributed by atoms with Crippen molar-refractivity contribution in [1.29, 1.82) is 0 Å². The highest BCUT2D eigenvalue weighted by atomic mass is 15.1. The summed E-state index contributed by atoms with van der Waals surface area (Å²) < 4.78 is 0. The molecular weight excluding hydrogens is 122 g/mol. The lowest BCUT2D eigenvalue weighted by atomic mass is 10.1. The van der Waals surface area contributed by atoms with E-state index in [0.29, 0.717) is 0 Å². The van der Waals surface area contributed by atoms with Crippen LogP contribution < -0.4 is 0 Å². The number of rotatable bonds is 0. The lowest BCUT2D eigenvalue weighted by Gasteiger charge is -2.18. The Labute approximate surface area is 63.7 Å². The molecule has 0 N–H and O–H groups in total. The summed E-state index contributed by atoms with van der Waals surface area (Å²) in [5.41, 5.74) is 1.53. The molecule has 0 amide bonds. The molecule has 1 heteroatoms. The summed E-state index contributed by atoms with van der Waals surface area (Å²) in [5, 5.41) is 0. The summed E-state index contributed by atoms with van der Waals surface area (Å²) in [4.78, 5) is 2.39. The molecule has 0 fully saturated rings. The van der Waals surface area contributed by atoms with E-state index >= 15 is 0 Å². The highest BCUT2D eigenvalue weighted by Crippen LogP contribution is 2.07. The molecule has 1 aliphatic heterocycles. The highest BCUT2D eigenvalue weighted by molar-refractivity contribution is 5.01. The zero-order valence-corrected chi connectivity index (χ0v) is 7.06. The Morgan fingerprint density at radius 3 is 3.00 bits per heavy atom. The Kier molecular flexibility index (Phi) is 2.94. The van der Waals surface area contributed by atoms with E-state index in [1.54, 1.807) is 0 Å². The third-order valence-corrected chi connectivity index (χ3v) is 2.01. The molecule has 0 atom stereocenters. The fourth-order valence-electron chi connectivity index (χ4n) is 1.44. The number of likely N-dealkylation sites (N-methyl/N-ethyl adjacent to an activating group) is 1. The van der Waals surface area contributed by atoms with Crippen molar-refractivity contribution >= 4 is 0 Å². The predicted molar refractivity (Wildman–Crippen MR) is 45.1 cm³/mol. The molecule has 0 aromatic rings. The van der Waals surface area contributed by atoms with Gasteiger partial charge < -0.3 is 4.90 Å². The second kappa shape index (κ2) is 3.77. The van der Waals surface area contributed by atoms with Crippen LogP contribution >= 0.6 is 0 Å². The van der Waals surface area contributed by atoms with Crippen molar-refractivity contribution < 1.29 is 0 Å². The second-order valence-electron chi connectivity index (χ2n) is 3.28. The van der Waals surface area contributed by atoms with Crippen LogP contribution in [-0.2, 0) is 0 Å². The molecule has 0 saturated carbocycles. The quantitative estimate of drug-likeness (QED) is 0.464. The van der Waals surface area contributed by atoms with Crippen LogP contribution in [0.1, 0.15) is 26.2 Å². The zero-order valence-electron chi connectivity index (χ0n) is 7.06. The van der Waals surface area contributed by atoms with Gasteiger partial charge in [0, 0.05) is 6.54 Å². The van der Waals surface area contributed by atoms with Crippen molar-refractivity contribution in [3.8, 4) is 0 Å². The fraction of sp³-hybridized carbons (Fsp3) is 0.778. The van der Waals surface area contributed by atoms with Gasteiger partial charge in [-0.05, 0) is 39.8 Å². The van der Waals surface area contributed by atoms with Crippen molar-refractivity contribution in [3.63, 3.8) is 0 Å². The number of hydrogen-bond acceptors (Lipinski definition) is 1. The molecule has 0 aromatic heterocycles. The van der Waals surface area contributed by atoms with E-state index in [-0.39, 0.29) is 0 Å². The molecule has 0 unspecified atom stereocenters. The van der Waals surface area contributed by atoms with Gasteiger partial charge in [0.2, 0.25) is 0 Å². The topological polar surface area (TPSA) is 3.24 Å². The standard InChI is InChI=1S/C9H17N/c1-9-6-4-3-5-7-10(2)8-9/h6H,3-5,7-8H2,1-2H3/b9-6+. The molecule has 1 aliphatic rings. The van der Waals surface area contributed by atoms with Gasteiger partial charge in [-0.15, -0.1) is 0 Å². The fourth-order valence-corrected chi connectivity index (χ4v) is 1.44. The smallest absolute Gasteiger partial charge is 0.0187 e. The molecule has 0 bridgehead atoms. The van der Waals surface area contributed by atoms with E-state index in [0.717, 1.165) is 0 Å². The summed E-state index contributed by atoms with van der Waals surface area (Å²) in [7, 11) is 2.20. The minimum atomic E-state index is 1.17. The van der Waals surface area contributed by atoms with Gasteiger partial charge in [0.05, 0.1) is 0 Å². The maximum absolute atomic E-state index is 2.39. The first-order valence-electron chi connectivity index (χ1n) is 4.13. The molecule has 1 heterocycles. The summed E-state index contributed by atoms with van der Waals surface area (Å²) in [6.07, 6.45) is 6.39. The van der Waals surface area contributed by atoms with Crippen LogP contribution in [0.25, 0.3) is 0 Å². The molecule has 1 rings (SSSR count). The van der Waals surface area contributed by atoms with Crippen LogP contribution in [0, 0.1) is 0 Å². The van der Waals surface area contributed by atoms with Crippen LogP contribution in [0.2, 0.25) is 0 Å². The average molecular weight is 139 g/mol. The summed E-state index contributed by atoms with van der Waals surface area (Å²) in [5.74, 6) is 0. The molecule has 0 saturated heterocycles. The van der Waals surface area contributed by atoms with Crippen molar-refractivity contribution in [2.45, 2.75) is 26.2 Å². The first-order chi connectivity index (χ1) is 4.79. The number of nitrogens with zero attached hydrogens (tertiary/aromatic N) is 1. The van der Waals surface area contributed by atoms with E-state index in [9.17, 15) is 0 Å². The molecule has 0 aromatic carbocycles. The van der Waals surface area contributed by atoms with Crippen LogP contribution in [0.4, 0.5) is 0 Å². The minimum Gasteiger partial charge on any atom is -0.302 e. The normalized spacial score (nSPS) is 28.4. The van der Waals surface area contributed by atoms with E-state index in [2.05, 4.69) is 24.9 Å². The molecular formula is C9H17N. The van der Waals surface area contributed by atoms with Gasteiger partial charge in [0.15, 0.2) is 0 Å². The average Bonchev–Trinajstić information content (AvgIpc) is 1.83. The monoisotopic (exact) mass is 139 g/mol. The predicted octanol–water partition coefficient (Wildman–Crippen LogP) is 2.05.